The van der Waals surface area contributed by atoms with Crippen LogP contribution in [-0.4, -0.2) is 48.3 Å². The average molecular weight is 214 g/mol. The summed E-state index contributed by atoms with van der Waals surface area (Å²) in [5.41, 5.74) is 0. The molecule has 1 heterocycles. The Kier molecular flexibility index (Phi) is 5.58. The standard InChI is InChI=1S/C12H26N2O/c1-4-14-7-5-12(6-8-14)11(3)13-9-10(2)15/h10-13,15H,4-9H2,1-3H3. The highest BCUT2D eigenvalue weighted by Gasteiger charge is 2.22. The Morgan fingerprint density at radius 2 is 1.93 bits per heavy atom. The van der Waals surface area contributed by atoms with E-state index in [2.05, 4.69) is 24.1 Å². The molecular weight excluding hydrogens is 188 g/mol. The second-order valence-corrected chi connectivity index (χ2v) is 4.82. The molecule has 1 saturated heterocycles. The Morgan fingerprint density at radius 1 is 1.33 bits per heavy atom. The summed E-state index contributed by atoms with van der Waals surface area (Å²) in [6.45, 7) is 10.7. The van der Waals surface area contributed by atoms with Gasteiger partial charge < -0.3 is 15.3 Å². The molecule has 2 atom stereocenters. The largest absolute Gasteiger partial charge is 0.392 e. The Hall–Kier alpha value is -0.120. The molecule has 0 aliphatic carbocycles. The van der Waals surface area contributed by atoms with Crippen molar-refractivity contribution < 1.29 is 5.11 Å². The summed E-state index contributed by atoms with van der Waals surface area (Å²) in [5, 5.41) is 12.6. The molecule has 0 aromatic rings. The molecule has 1 fully saturated rings. The van der Waals surface area contributed by atoms with Crippen LogP contribution >= 0.6 is 0 Å². The highest BCUT2D eigenvalue weighted by Crippen LogP contribution is 2.20. The topological polar surface area (TPSA) is 35.5 Å². The van der Waals surface area contributed by atoms with Crippen molar-refractivity contribution >= 4 is 0 Å². The van der Waals surface area contributed by atoms with Gasteiger partial charge >= 0.3 is 0 Å². The van der Waals surface area contributed by atoms with Crippen molar-refractivity contribution in [2.45, 2.75) is 45.8 Å². The van der Waals surface area contributed by atoms with Gasteiger partial charge in [0.25, 0.3) is 0 Å². The molecule has 2 unspecified atom stereocenters. The van der Waals surface area contributed by atoms with Crippen molar-refractivity contribution in [3.63, 3.8) is 0 Å². The highest BCUT2D eigenvalue weighted by molar-refractivity contribution is 4.79. The third kappa shape index (κ3) is 4.49. The molecule has 90 valence electrons. The Morgan fingerprint density at radius 3 is 2.40 bits per heavy atom. The van der Waals surface area contributed by atoms with Gasteiger partial charge in [0.05, 0.1) is 6.10 Å². The van der Waals surface area contributed by atoms with Crippen LogP contribution in [0.4, 0.5) is 0 Å². The number of rotatable bonds is 5. The van der Waals surface area contributed by atoms with E-state index < -0.39 is 0 Å². The molecule has 0 aromatic heterocycles. The summed E-state index contributed by atoms with van der Waals surface area (Å²) in [5.74, 6) is 0.784. The van der Waals surface area contributed by atoms with Crippen LogP contribution < -0.4 is 5.32 Å². The zero-order valence-electron chi connectivity index (χ0n) is 10.4. The molecule has 0 aromatic carbocycles. The fraction of sp³-hybridized carbons (Fsp3) is 1.00. The maximum absolute atomic E-state index is 9.21. The lowest BCUT2D eigenvalue weighted by Crippen LogP contribution is -2.43. The van der Waals surface area contributed by atoms with E-state index >= 15 is 0 Å². The normalized spacial score (nSPS) is 24.0. The first-order valence-electron chi connectivity index (χ1n) is 6.27. The van der Waals surface area contributed by atoms with Gasteiger partial charge in [-0.1, -0.05) is 6.92 Å². The van der Waals surface area contributed by atoms with Gasteiger partial charge in [-0.25, -0.2) is 0 Å². The minimum Gasteiger partial charge on any atom is -0.392 e. The first-order valence-corrected chi connectivity index (χ1v) is 6.27. The number of piperidine rings is 1. The quantitative estimate of drug-likeness (QED) is 0.719. The van der Waals surface area contributed by atoms with E-state index in [0.717, 1.165) is 12.5 Å². The van der Waals surface area contributed by atoms with Gasteiger partial charge in [-0.2, -0.15) is 0 Å². The Bertz CT molecular complexity index is 165. The summed E-state index contributed by atoms with van der Waals surface area (Å²) < 4.78 is 0. The summed E-state index contributed by atoms with van der Waals surface area (Å²) in [6.07, 6.45) is 2.35. The van der Waals surface area contributed by atoms with Crippen LogP contribution in [0.15, 0.2) is 0 Å². The van der Waals surface area contributed by atoms with Crippen molar-refractivity contribution in [3.05, 3.63) is 0 Å². The smallest absolute Gasteiger partial charge is 0.0636 e. The first-order chi connectivity index (χ1) is 7.13. The first kappa shape index (κ1) is 12.9. The molecule has 0 radical (unpaired) electrons. The highest BCUT2D eigenvalue weighted by atomic mass is 16.3. The summed E-state index contributed by atoms with van der Waals surface area (Å²) in [7, 11) is 0. The molecule has 0 amide bonds. The molecule has 0 spiro atoms. The number of nitrogens with zero attached hydrogens (tertiary/aromatic N) is 1. The molecule has 1 aliphatic rings. The Balaban J connectivity index is 2.20. The van der Waals surface area contributed by atoms with Crippen LogP contribution in [0.1, 0.15) is 33.6 Å². The third-order valence-electron chi connectivity index (χ3n) is 3.52. The molecule has 15 heavy (non-hydrogen) atoms. The zero-order valence-corrected chi connectivity index (χ0v) is 10.4. The fourth-order valence-electron chi connectivity index (χ4n) is 2.29. The molecule has 1 aliphatic heterocycles. The van der Waals surface area contributed by atoms with E-state index in [0.29, 0.717) is 6.04 Å². The van der Waals surface area contributed by atoms with E-state index in [-0.39, 0.29) is 6.10 Å². The van der Waals surface area contributed by atoms with Crippen molar-refractivity contribution in [2.24, 2.45) is 5.92 Å². The Labute approximate surface area is 93.9 Å². The molecule has 3 nitrogen and oxygen atoms in total. The van der Waals surface area contributed by atoms with E-state index in [9.17, 15) is 5.11 Å². The lowest BCUT2D eigenvalue weighted by molar-refractivity contribution is 0.150. The van der Waals surface area contributed by atoms with Crippen molar-refractivity contribution in [3.8, 4) is 0 Å². The van der Waals surface area contributed by atoms with Crippen LogP contribution in [-0.2, 0) is 0 Å². The molecular formula is C12H26N2O. The van der Waals surface area contributed by atoms with E-state index in [1.54, 1.807) is 0 Å². The van der Waals surface area contributed by atoms with E-state index in [1.165, 1.54) is 32.5 Å². The van der Waals surface area contributed by atoms with Crippen molar-refractivity contribution in [1.82, 2.24) is 10.2 Å². The summed E-state index contributed by atoms with van der Waals surface area (Å²) in [4.78, 5) is 2.51. The zero-order chi connectivity index (χ0) is 11.3. The van der Waals surface area contributed by atoms with E-state index in [4.69, 9.17) is 0 Å². The second kappa shape index (κ2) is 6.46. The molecule has 2 N–H and O–H groups in total. The lowest BCUT2D eigenvalue weighted by atomic mass is 9.90. The van der Waals surface area contributed by atoms with Crippen LogP contribution in [0, 0.1) is 5.92 Å². The average Bonchev–Trinajstić information content (AvgIpc) is 2.26. The maximum atomic E-state index is 9.21. The lowest BCUT2D eigenvalue weighted by Gasteiger charge is -2.34. The maximum Gasteiger partial charge on any atom is 0.0636 e. The SMILES string of the molecule is CCN1CCC(C(C)NCC(C)O)CC1. The van der Waals surface area contributed by atoms with Gasteiger partial charge in [0.2, 0.25) is 0 Å². The second-order valence-electron chi connectivity index (χ2n) is 4.82. The number of hydrogen-bond acceptors (Lipinski definition) is 3. The number of likely N-dealkylation sites (tertiary alicyclic amines) is 1. The molecule has 0 bridgehead atoms. The van der Waals surface area contributed by atoms with Gasteiger partial charge in [-0.3, -0.25) is 0 Å². The monoisotopic (exact) mass is 214 g/mol. The van der Waals surface area contributed by atoms with Gasteiger partial charge in [0, 0.05) is 12.6 Å². The number of nitrogens with one attached hydrogen (secondary N) is 1. The number of hydrogen-bond donors (Lipinski definition) is 2. The predicted molar refractivity (Wildman–Crippen MR) is 64.0 cm³/mol. The van der Waals surface area contributed by atoms with Crippen LogP contribution in [0.25, 0.3) is 0 Å². The van der Waals surface area contributed by atoms with Crippen LogP contribution in [0.2, 0.25) is 0 Å². The fourth-order valence-corrected chi connectivity index (χ4v) is 2.29. The predicted octanol–water partition coefficient (Wildman–Crippen LogP) is 1.08. The summed E-state index contributed by atoms with van der Waals surface area (Å²) >= 11 is 0. The number of aliphatic hydroxyl groups is 1. The minimum absolute atomic E-state index is 0.233. The van der Waals surface area contributed by atoms with Crippen molar-refractivity contribution in [1.29, 1.82) is 0 Å². The number of aliphatic hydroxyl groups excluding tert-OH is 1. The summed E-state index contributed by atoms with van der Waals surface area (Å²) in [6, 6.07) is 0.540. The van der Waals surface area contributed by atoms with E-state index in [1.807, 2.05) is 6.92 Å². The molecule has 3 heteroatoms. The van der Waals surface area contributed by atoms with Crippen molar-refractivity contribution in [2.75, 3.05) is 26.2 Å². The van der Waals surface area contributed by atoms with Gasteiger partial charge in [-0.05, 0) is 52.2 Å². The molecule has 1 rings (SSSR count). The van der Waals surface area contributed by atoms with Crippen LogP contribution in [0.3, 0.4) is 0 Å². The van der Waals surface area contributed by atoms with Gasteiger partial charge in [0.1, 0.15) is 0 Å². The third-order valence-corrected chi connectivity index (χ3v) is 3.52. The molecule has 0 saturated carbocycles. The van der Waals surface area contributed by atoms with Crippen LogP contribution in [0.5, 0.6) is 0 Å². The van der Waals surface area contributed by atoms with Gasteiger partial charge in [0.15, 0.2) is 0 Å². The van der Waals surface area contributed by atoms with Gasteiger partial charge in [-0.15, -0.1) is 0 Å². The minimum atomic E-state index is -0.233.